The van der Waals surface area contributed by atoms with Gasteiger partial charge in [0.05, 0.1) is 18.9 Å². The fourth-order valence-corrected chi connectivity index (χ4v) is 3.10. The van der Waals surface area contributed by atoms with Gasteiger partial charge in [-0.3, -0.25) is 19.1 Å². The largest absolute Gasteiger partial charge is 0.490 e. The second-order valence-corrected chi connectivity index (χ2v) is 6.91. The maximum absolute atomic E-state index is 15.0. The van der Waals surface area contributed by atoms with Crippen LogP contribution in [0, 0.1) is 6.92 Å². The van der Waals surface area contributed by atoms with Gasteiger partial charge in [0.15, 0.2) is 18.5 Å². The molecule has 1 aliphatic heterocycles. The Hall–Kier alpha value is -3.47. The van der Waals surface area contributed by atoms with Gasteiger partial charge >= 0.3 is 17.6 Å². The molecule has 166 valence electrons. The highest BCUT2D eigenvalue weighted by Crippen LogP contribution is 2.33. The minimum atomic E-state index is -1.91. The van der Waals surface area contributed by atoms with Crippen molar-refractivity contribution in [1.82, 2.24) is 9.55 Å². The number of alkyl halides is 1. The highest BCUT2D eigenvalue weighted by molar-refractivity contribution is 5.89. The number of aromatic nitrogens is 2. The first kappa shape index (κ1) is 22.2. The van der Waals surface area contributed by atoms with E-state index in [1.54, 1.807) is 24.3 Å². The molecule has 2 aromatic rings. The number of H-pyrrole nitrogens is 1. The summed E-state index contributed by atoms with van der Waals surface area (Å²) < 4.78 is 36.5. The molecular weight excluding hydrogens is 415 g/mol. The van der Waals surface area contributed by atoms with Crippen LogP contribution >= 0.6 is 0 Å². The molecule has 4 atom stereocenters. The third-order valence-corrected chi connectivity index (χ3v) is 4.66. The lowest BCUT2D eigenvalue weighted by Gasteiger charge is -2.21. The van der Waals surface area contributed by atoms with E-state index in [2.05, 4.69) is 0 Å². The van der Waals surface area contributed by atoms with Crippen LogP contribution in [0.4, 0.5) is 4.39 Å². The van der Waals surface area contributed by atoms with Crippen molar-refractivity contribution in [1.29, 1.82) is 0 Å². The lowest BCUT2D eigenvalue weighted by atomic mass is 10.1. The quantitative estimate of drug-likeness (QED) is 0.662. The van der Waals surface area contributed by atoms with E-state index in [4.69, 9.17) is 18.9 Å². The van der Waals surface area contributed by atoms with E-state index in [-0.39, 0.29) is 11.3 Å². The van der Waals surface area contributed by atoms with Crippen molar-refractivity contribution in [2.75, 3.05) is 13.7 Å². The van der Waals surface area contributed by atoms with Crippen LogP contribution in [0.2, 0.25) is 0 Å². The van der Waals surface area contributed by atoms with Crippen molar-refractivity contribution in [2.45, 2.75) is 38.5 Å². The Labute approximate surface area is 175 Å². The number of esters is 2. The number of hydrogen-bond donors (Lipinski definition) is 1. The molecule has 10 nitrogen and oxygen atoms in total. The van der Waals surface area contributed by atoms with E-state index in [0.29, 0.717) is 0 Å². The summed E-state index contributed by atoms with van der Waals surface area (Å²) in [6, 6.07) is 6.58. The first-order valence-corrected chi connectivity index (χ1v) is 9.31. The highest BCUT2D eigenvalue weighted by Gasteiger charge is 2.49. The summed E-state index contributed by atoms with van der Waals surface area (Å²) in [5.41, 5.74) is -0.481. The van der Waals surface area contributed by atoms with Crippen molar-refractivity contribution < 1.29 is 32.9 Å². The number of aryl methyl sites for hydroxylation is 1. The van der Waals surface area contributed by atoms with Crippen molar-refractivity contribution in [3.8, 4) is 5.75 Å². The van der Waals surface area contributed by atoms with E-state index >= 15 is 4.39 Å². The fraction of sp³-hybridized carbons (Fsp3) is 0.400. The summed E-state index contributed by atoms with van der Waals surface area (Å²) in [6.45, 7) is 2.44. The summed E-state index contributed by atoms with van der Waals surface area (Å²) >= 11 is 0. The molecule has 11 heteroatoms. The summed E-state index contributed by atoms with van der Waals surface area (Å²) in [6.07, 6.45) is -5.15. The molecule has 1 fully saturated rings. The average molecular weight is 436 g/mol. The molecule has 3 rings (SSSR count). The zero-order valence-corrected chi connectivity index (χ0v) is 17.0. The molecule has 2 heterocycles. The molecule has 0 bridgehead atoms. The van der Waals surface area contributed by atoms with Gasteiger partial charge in [0.1, 0.15) is 12.7 Å². The Morgan fingerprint density at radius 3 is 2.52 bits per heavy atom. The Kier molecular flexibility index (Phi) is 6.54. The van der Waals surface area contributed by atoms with Gasteiger partial charge in [0.25, 0.3) is 5.56 Å². The third kappa shape index (κ3) is 4.82. The number of carbonyl (C=O) groups is 2. The van der Waals surface area contributed by atoms with Crippen LogP contribution in [0.1, 0.15) is 29.1 Å². The van der Waals surface area contributed by atoms with Crippen LogP contribution in [0.3, 0.4) is 0 Å². The average Bonchev–Trinajstić information content (AvgIpc) is 3.02. The summed E-state index contributed by atoms with van der Waals surface area (Å²) in [5.74, 6) is -1.72. The maximum Gasteiger partial charge on any atom is 0.338 e. The smallest absolute Gasteiger partial charge is 0.338 e. The molecule has 1 aliphatic rings. The first-order valence-electron chi connectivity index (χ1n) is 9.31. The topological polar surface area (TPSA) is 126 Å². The van der Waals surface area contributed by atoms with E-state index < -0.39 is 54.4 Å². The number of ether oxygens (including phenoxy) is 4. The third-order valence-electron chi connectivity index (χ3n) is 4.66. The SMILES string of the molecule is COc1cn([C@@H]2O[C@H](COC(=O)c3ccc(C)cc3)C(F)[C@@H]2OC(C)=O)c(=O)[nH]c1=O. The molecule has 0 saturated carbocycles. The lowest BCUT2D eigenvalue weighted by molar-refractivity contribution is -0.154. The molecule has 0 spiro atoms. The number of methoxy groups -OCH3 is 1. The van der Waals surface area contributed by atoms with Gasteiger partial charge in [-0.2, -0.15) is 0 Å². The molecule has 1 N–H and O–H groups in total. The minimum Gasteiger partial charge on any atom is -0.490 e. The van der Waals surface area contributed by atoms with Crippen molar-refractivity contribution in [2.24, 2.45) is 0 Å². The Bertz CT molecular complexity index is 1080. The molecule has 0 radical (unpaired) electrons. The molecule has 1 aromatic carbocycles. The summed E-state index contributed by atoms with van der Waals surface area (Å²) in [5, 5.41) is 0. The molecule has 1 saturated heterocycles. The van der Waals surface area contributed by atoms with Crippen LogP contribution in [-0.4, -0.2) is 53.6 Å². The van der Waals surface area contributed by atoms with E-state index in [0.717, 1.165) is 23.3 Å². The Morgan fingerprint density at radius 1 is 1.23 bits per heavy atom. The summed E-state index contributed by atoms with van der Waals surface area (Å²) in [7, 11) is 1.21. The van der Waals surface area contributed by atoms with Gasteiger partial charge in [-0.05, 0) is 19.1 Å². The van der Waals surface area contributed by atoms with Gasteiger partial charge in [-0.15, -0.1) is 0 Å². The Morgan fingerprint density at radius 2 is 1.90 bits per heavy atom. The van der Waals surface area contributed by atoms with Crippen molar-refractivity contribution >= 4 is 11.9 Å². The summed E-state index contributed by atoms with van der Waals surface area (Å²) in [4.78, 5) is 49.6. The zero-order chi connectivity index (χ0) is 22.7. The van der Waals surface area contributed by atoms with E-state index in [9.17, 15) is 19.2 Å². The normalized spacial score (nSPS) is 22.7. The molecular formula is C20H21FN2O8. The van der Waals surface area contributed by atoms with Crippen LogP contribution in [0.5, 0.6) is 5.75 Å². The van der Waals surface area contributed by atoms with Gasteiger partial charge in [-0.25, -0.2) is 14.0 Å². The zero-order valence-electron chi connectivity index (χ0n) is 17.0. The highest BCUT2D eigenvalue weighted by atomic mass is 19.1. The first-order chi connectivity index (χ1) is 14.7. The van der Waals surface area contributed by atoms with E-state index in [1.165, 1.54) is 7.11 Å². The second-order valence-electron chi connectivity index (χ2n) is 6.91. The molecule has 1 unspecified atom stereocenters. The molecule has 1 aromatic heterocycles. The number of rotatable bonds is 6. The fourth-order valence-electron chi connectivity index (χ4n) is 3.10. The molecule has 31 heavy (non-hydrogen) atoms. The van der Waals surface area contributed by atoms with Crippen molar-refractivity contribution in [3.63, 3.8) is 0 Å². The van der Waals surface area contributed by atoms with E-state index in [1.807, 2.05) is 11.9 Å². The molecule has 0 amide bonds. The molecule has 0 aliphatic carbocycles. The predicted molar refractivity (Wildman–Crippen MR) is 104 cm³/mol. The van der Waals surface area contributed by atoms with Gasteiger partial charge in [-0.1, -0.05) is 17.7 Å². The van der Waals surface area contributed by atoms with Crippen LogP contribution in [0.25, 0.3) is 0 Å². The van der Waals surface area contributed by atoms with Gasteiger partial charge in [0, 0.05) is 6.92 Å². The minimum absolute atomic E-state index is 0.227. The number of carbonyl (C=O) groups excluding carboxylic acids is 2. The van der Waals surface area contributed by atoms with Gasteiger partial charge < -0.3 is 18.9 Å². The van der Waals surface area contributed by atoms with Gasteiger partial charge in [0.2, 0.25) is 5.75 Å². The number of aromatic amines is 1. The number of benzene rings is 1. The number of nitrogens with one attached hydrogen (secondary N) is 1. The van der Waals surface area contributed by atoms with Crippen LogP contribution in [0.15, 0.2) is 40.1 Å². The predicted octanol–water partition coefficient (Wildman–Crippen LogP) is 0.878. The van der Waals surface area contributed by atoms with Crippen LogP contribution < -0.4 is 16.0 Å². The van der Waals surface area contributed by atoms with Crippen LogP contribution in [-0.2, 0) is 19.0 Å². The lowest BCUT2D eigenvalue weighted by Crippen LogP contribution is -2.39. The second kappa shape index (κ2) is 9.13. The maximum atomic E-state index is 15.0. The Balaban J connectivity index is 1.82. The number of halogens is 1. The number of nitrogens with zero attached hydrogens (tertiary/aromatic N) is 1. The van der Waals surface area contributed by atoms with Crippen molar-refractivity contribution in [3.05, 3.63) is 62.4 Å². The number of hydrogen-bond acceptors (Lipinski definition) is 8. The monoisotopic (exact) mass is 436 g/mol. The standard InChI is InChI=1S/C20H21FN2O8/c1-10-4-6-12(7-5-10)19(26)29-9-14-15(21)16(30-11(2)24)18(31-14)23-8-13(28-3)17(25)22-20(23)27/h4-8,14-16,18H,9H2,1-3H3,(H,22,25,27)/t14-,15?,16+,18-/m1/s1.